The number of hydrogen-bond donors (Lipinski definition) is 0. The van der Waals surface area contributed by atoms with E-state index in [1.54, 1.807) is 0 Å². The smallest absolute Gasteiger partial charge is 0.175 e. The van der Waals surface area contributed by atoms with Crippen molar-refractivity contribution in [1.82, 2.24) is 0 Å². The van der Waals surface area contributed by atoms with Crippen LogP contribution in [0.15, 0.2) is 0 Å². The van der Waals surface area contributed by atoms with Gasteiger partial charge in [-0.3, -0.25) is 4.79 Å². The van der Waals surface area contributed by atoms with Crippen LogP contribution in [0.3, 0.4) is 0 Å². The van der Waals surface area contributed by atoms with Gasteiger partial charge in [0.15, 0.2) is 5.79 Å². The molecule has 70 valence electrons. The van der Waals surface area contributed by atoms with Gasteiger partial charge >= 0.3 is 0 Å². The highest BCUT2D eigenvalue weighted by Gasteiger charge is 2.74. The molecule has 3 saturated carbocycles. The Labute approximate surface area is 76.4 Å². The third-order valence-electron chi connectivity index (χ3n) is 4.08. The molecule has 3 nitrogen and oxygen atoms in total. The van der Waals surface area contributed by atoms with Crippen LogP contribution in [0.1, 0.15) is 12.8 Å². The lowest BCUT2D eigenvalue weighted by Gasteiger charge is -2.30. The molecule has 3 aliphatic carbocycles. The first-order valence-corrected chi connectivity index (χ1v) is 5.14. The molecule has 1 spiro atoms. The predicted molar refractivity (Wildman–Crippen MR) is 42.8 cm³/mol. The molecule has 4 atom stereocenters. The lowest BCUT2D eigenvalue weighted by atomic mass is 9.93. The fourth-order valence-electron chi connectivity index (χ4n) is 3.33. The first-order chi connectivity index (χ1) is 6.33. The van der Waals surface area contributed by atoms with E-state index in [0.717, 1.165) is 26.1 Å². The minimum Gasteiger partial charge on any atom is -0.347 e. The summed E-state index contributed by atoms with van der Waals surface area (Å²) in [4.78, 5) is 11.6. The summed E-state index contributed by atoms with van der Waals surface area (Å²) in [6.07, 6.45) is 2.04. The number of rotatable bonds is 0. The van der Waals surface area contributed by atoms with E-state index >= 15 is 0 Å². The summed E-state index contributed by atoms with van der Waals surface area (Å²) in [6.45, 7) is 1.45. The second kappa shape index (κ2) is 1.84. The summed E-state index contributed by atoms with van der Waals surface area (Å²) in [5.74, 6) is 1.60. The van der Waals surface area contributed by atoms with E-state index in [2.05, 4.69) is 0 Å². The number of Topliss-reactive ketones (excluding diaryl/α,β-unsaturated/α-hetero) is 1. The van der Waals surface area contributed by atoms with Crippen molar-refractivity contribution in [3.8, 4) is 0 Å². The van der Waals surface area contributed by atoms with Crippen LogP contribution in [-0.4, -0.2) is 24.8 Å². The SMILES string of the molecule is O=C1C2CC2C2(OCCO2)C2CC12. The highest BCUT2D eigenvalue weighted by molar-refractivity contribution is 5.90. The van der Waals surface area contributed by atoms with E-state index in [0.29, 0.717) is 29.5 Å². The van der Waals surface area contributed by atoms with Gasteiger partial charge in [-0.15, -0.1) is 0 Å². The van der Waals surface area contributed by atoms with Crippen molar-refractivity contribution >= 4 is 5.78 Å². The van der Waals surface area contributed by atoms with E-state index < -0.39 is 0 Å². The van der Waals surface area contributed by atoms with Crippen LogP contribution in [0.2, 0.25) is 0 Å². The van der Waals surface area contributed by atoms with Crippen LogP contribution in [0.5, 0.6) is 0 Å². The molecule has 4 rings (SSSR count). The first-order valence-electron chi connectivity index (χ1n) is 5.14. The zero-order chi connectivity index (χ0) is 8.63. The first kappa shape index (κ1) is 6.96. The summed E-state index contributed by atoms with van der Waals surface area (Å²) >= 11 is 0. The van der Waals surface area contributed by atoms with Gasteiger partial charge in [-0.1, -0.05) is 0 Å². The zero-order valence-corrected chi connectivity index (χ0v) is 7.36. The Morgan fingerprint density at radius 2 is 1.62 bits per heavy atom. The largest absolute Gasteiger partial charge is 0.347 e. The molecule has 1 saturated heterocycles. The number of ketones is 1. The Hall–Kier alpha value is -0.410. The Kier molecular flexibility index (Phi) is 0.984. The predicted octanol–water partition coefficient (Wildman–Crippen LogP) is 0.584. The second-order valence-electron chi connectivity index (χ2n) is 4.72. The van der Waals surface area contributed by atoms with E-state index in [1.165, 1.54) is 0 Å². The molecule has 4 unspecified atom stereocenters. The topological polar surface area (TPSA) is 35.5 Å². The van der Waals surface area contributed by atoms with Gasteiger partial charge in [0.25, 0.3) is 0 Å². The van der Waals surface area contributed by atoms with E-state index in [1.807, 2.05) is 0 Å². The summed E-state index contributed by atoms with van der Waals surface area (Å²) in [7, 11) is 0. The summed E-state index contributed by atoms with van der Waals surface area (Å²) in [5, 5.41) is 0. The molecule has 13 heavy (non-hydrogen) atoms. The van der Waals surface area contributed by atoms with Gasteiger partial charge in [0.2, 0.25) is 0 Å². The maximum atomic E-state index is 11.6. The van der Waals surface area contributed by atoms with Crippen molar-refractivity contribution in [2.45, 2.75) is 18.6 Å². The Morgan fingerprint density at radius 1 is 1.08 bits per heavy atom. The molecular formula is C10H12O3. The molecule has 0 aromatic rings. The van der Waals surface area contributed by atoms with Crippen molar-refractivity contribution in [3.05, 3.63) is 0 Å². The summed E-state index contributed by atoms with van der Waals surface area (Å²) in [6, 6.07) is 0. The van der Waals surface area contributed by atoms with Crippen LogP contribution in [0.25, 0.3) is 0 Å². The van der Waals surface area contributed by atoms with Crippen molar-refractivity contribution in [1.29, 1.82) is 0 Å². The van der Waals surface area contributed by atoms with E-state index in [9.17, 15) is 4.79 Å². The Bertz CT molecular complexity index is 271. The molecule has 0 amide bonds. The summed E-state index contributed by atoms with van der Waals surface area (Å²) in [5.41, 5.74) is 0. The molecule has 0 radical (unpaired) electrons. The molecule has 1 aliphatic heterocycles. The highest BCUT2D eigenvalue weighted by atomic mass is 16.7. The molecule has 3 heteroatoms. The number of hydrogen-bond acceptors (Lipinski definition) is 3. The summed E-state index contributed by atoms with van der Waals surface area (Å²) < 4.78 is 11.5. The van der Waals surface area contributed by atoms with Crippen LogP contribution in [-0.2, 0) is 14.3 Å². The molecule has 4 fully saturated rings. The average Bonchev–Trinajstić information content (AvgIpc) is 3.02. The average molecular weight is 180 g/mol. The van der Waals surface area contributed by atoms with Gasteiger partial charge in [-0.25, -0.2) is 0 Å². The van der Waals surface area contributed by atoms with Crippen molar-refractivity contribution in [2.75, 3.05) is 13.2 Å². The minimum absolute atomic E-state index is 0.293. The molecule has 4 aliphatic rings. The molecule has 0 bridgehead atoms. The normalized spacial score (nSPS) is 54.6. The van der Waals surface area contributed by atoms with Gasteiger partial charge in [0, 0.05) is 23.7 Å². The van der Waals surface area contributed by atoms with Gasteiger partial charge in [-0.05, 0) is 12.8 Å². The minimum atomic E-state index is -0.302. The molecule has 0 N–H and O–H groups in total. The standard InChI is InChI=1S/C10H12O3/c11-9-5-3-7(5)10(8-4-6(8)9)12-1-2-13-10/h5-8H,1-4H2. The van der Waals surface area contributed by atoms with Crippen molar-refractivity contribution < 1.29 is 14.3 Å². The molecular weight excluding hydrogens is 168 g/mol. The Morgan fingerprint density at radius 3 is 2.15 bits per heavy atom. The van der Waals surface area contributed by atoms with Crippen LogP contribution >= 0.6 is 0 Å². The van der Waals surface area contributed by atoms with E-state index in [4.69, 9.17) is 9.47 Å². The third-order valence-corrected chi connectivity index (χ3v) is 4.08. The maximum Gasteiger partial charge on any atom is 0.175 e. The number of fused-ring (bicyclic) bond motifs is 4. The lowest BCUT2D eigenvalue weighted by Crippen LogP contribution is -2.41. The van der Waals surface area contributed by atoms with E-state index in [-0.39, 0.29) is 5.79 Å². The number of carbonyl (C=O) groups is 1. The van der Waals surface area contributed by atoms with Gasteiger partial charge in [0.05, 0.1) is 13.2 Å². The van der Waals surface area contributed by atoms with Crippen LogP contribution < -0.4 is 0 Å². The van der Waals surface area contributed by atoms with Crippen LogP contribution in [0.4, 0.5) is 0 Å². The second-order valence-corrected chi connectivity index (χ2v) is 4.72. The Balaban J connectivity index is 1.76. The maximum absolute atomic E-state index is 11.6. The van der Waals surface area contributed by atoms with Crippen molar-refractivity contribution in [3.63, 3.8) is 0 Å². The van der Waals surface area contributed by atoms with Gasteiger partial charge < -0.3 is 9.47 Å². The number of ether oxygens (including phenoxy) is 2. The lowest BCUT2D eigenvalue weighted by molar-refractivity contribution is -0.200. The fraction of sp³-hybridized carbons (Fsp3) is 0.900. The zero-order valence-electron chi connectivity index (χ0n) is 7.36. The van der Waals surface area contributed by atoms with Gasteiger partial charge in [-0.2, -0.15) is 0 Å². The highest BCUT2D eigenvalue weighted by Crippen LogP contribution is 2.68. The monoisotopic (exact) mass is 180 g/mol. The van der Waals surface area contributed by atoms with Crippen molar-refractivity contribution in [2.24, 2.45) is 23.7 Å². The third kappa shape index (κ3) is 0.647. The molecule has 0 aromatic heterocycles. The molecule has 1 heterocycles. The fourth-order valence-corrected chi connectivity index (χ4v) is 3.33. The van der Waals surface area contributed by atoms with Gasteiger partial charge in [0.1, 0.15) is 5.78 Å². The quantitative estimate of drug-likeness (QED) is 0.547. The molecule has 0 aromatic carbocycles. The van der Waals surface area contributed by atoms with Crippen LogP contribution in [0, 0.1) is 23.7 Å². The number of carbonyl (C=O) groups excluding carboxylic acids is 1.